The van der Waals surface area contributed by atoms with E-state index in [-0.39, 0.29) is 12.8 Å². The van der Waals surface area contributed by atoms with Crippen molar-refractivity contribution in [2.75, 3.05) is 6.61 Å². The van der Waals surface area contributed by atoms with Crippen LogP contribution >= 0.6 is 7.82 Å². The standard InChI is InChI=1S/C11H12N3O6P.H3N/c15-9-10-8(5-18-21(16,17)20-10)19-11(9)14-7-4-2-1-3-6(7)12-13-14;/h1-4,8-11,15H,5H2,(H,16,17);1H3/t8-,9-,10-,11-;/m1./s1. The SMILES string of the molecule is N.O=P1(O)OC[C@H]2O[C@@H](n3nnc4ccccc43)[C@H](O)[C@@H]2O1. The molecule has 2 aromatic rings. The van der Waals surface area contributed by atoms with Gasteiger partial charge in [-0.05, 0) is 12.1 Å². The van der Waals surface area contributed by atoms with E-state index in [1.165, 1.54) is 4.68 Å². The van der Waals surface area contributed by atoms with Crippen LogP contribution in [0.25, 0.3) is 11.0 Å². The lowest BCUT2D eigenvalue weighted by Crippen LogP contribution is -2.39. The van der Waals surface area contributed by atoms with Gasteiger partial charge in [-0.25, -0.2) is 9.25 Å². The first-order valence-corrected chi connectivity index (χ1v) is 7.84. The zero-order valence-corrected chi connectivity index (χ0v) is 12.2. The average molecular weight is 330 g/mol. The van der Waals surface area contributed by atoms with Gasteiger partial charge in [0.25, 0.3) is 0 Å². The van der Waals surface area contributed by atoms with Gasteiger partial charge in [0, 0.05) is 0 Å². The normalized spacial score (nSPS) is 37.7. The molecule has 5 atom stereocenters. The van der Waals surface area contributed by atoms with Crippen molar-refractivity contribution in [3.05, 3.63) is 24.3 Å². The molecule has 2 aliphatic heterocycles. The van der Waals surface area contributed by atoms with E-state index in [0.29, 0.717) is 11.0 Å². The van der Waals surface area contributed by atoms with Crippen LogP contribution in [0.5, 0.6) is 0 Å². The molecule has 11 heteroatoms. The monoisotopic (exact) mass is 330 g/mol. The topological polar surface area (TPSA) is 151 Å². The Morgan fingerprint density at radius 3 is 2.95 bits per heavy atom. The molecule has 0 aliphatic carbocycles. The van der Waals surface area contributed by atoms with E-state index in [9.17, 15) is 14.6 Å². The van der Waals surface area contributed by atoms with Crippen LogP contribution in [0, 0.1) is 0 Å². The summed E-state index contributed by atoms with van der Waals surface area (Å²) in [5.41, 5.74) is 1.35. The maximum Gasteiger partial charge on any atom is 0.472 e. The number of phosphoric acid groups is 1. The third-order valence-electron chi connectivity index (χ3n) is 3.58. The summed E-state index contributed by atoms with van der Waals surface area (Å²) >= 11 is 0. The number of para-hydroxylation sites is 1. The second-order valence-corrected chi connectivity index (χ2v) is 6.32. The number of hydrogen-bond donors (Lipinski definition) is 3. The highest BCUT2D eigenvalue weighted by atomic mass is 31.2. The number of ether oxygens (including phenoxy) is 1. The maximum absolute atomic E-state index is 11.4. The van der Waals surface area contributed by atoms with Crippen molar-refractivity contribution in [1.29, 1.82) is 0 Å². The molecule has 2 fully saturated rings. The van der Waals surface area contributed by atoms with Crippen LogP contribution in [0.4, 0.5) is 0 Å². The van der Waals surface area contributed by atoms with Crippen molar-refractivity contribution in [2.24, 2.45) is 0 Å². The van der Waals surface area contributed by atoms with E-state index in [4.69, 9.17) is 9.26 Å². The molecule has 0 bridgehead atoms. The molecule has 1 aromatic heterocycles. The molecule has 22 heavy (non-hydrogen) atoms. The summed E-state index contributed by atoms with van der Waals surface area (Å²) in [7, 11) is -4.13. The van der Waals surface area contributed by atoms with Crippen molar-refractivity contribution in [3.8, 4) is 0 Å². The van der Waals surface area contributed by atoms with Crippen molar-refractivity contribution in [2.45, 2.75) is 24.5 Å². The lowest BCUT2D eigenvalue weighted by atomic mass is 10.1. The quantitative estimate of drug-likeness (QED) is 0.630. The van der Waals surface area contributed by atoms with E-state index < -0.39 is 32.4 Å². The summed E-state index contributed by atoms with van der Waals surface area (Å²) in [5.74, 6) is 0. The van der Waals surface area contributed by atoms with Gasteiger partial charge in [0.05, 0.1) is 12.1 Å². The molecule has 0 spiro atoms. The van der Waals surface area contributed by atoms with Gasteiger partial charge in [-0.15, -0.1) is 5.10 Å². The van der Waals surface area contributed by atoms with Crippen molar-refractivity contribution in [1.82, 2.24) is 21.1 Å². The number of benzene rings is 1. The predicted octanol–water partition coefficient (Wildman–Crippen LogP) is 0.367. The Morgan fingerprint density at radius 1 is 1.36 bits per heavy atom. The fraction of sp³-hybridized carbons (Fsp3) is 0.455. The van der Waals surface area contributed by atoms with Crippen LogP contribution in [-0.4, -0.2) is 49.9 Å². The Morgan fingerprint density at radius 2 is 2.14 bits per heavy atom. The van der Waals surface area contributed by atoms with Crippen molar-refractivity contribution >= 4 is 18.9 Å². The van der Waals surface area contributed by atoms with E-state index in [0.717, 1.165) is 0 Å². The number of aliphatic hydroxyl groups excluding tert-OH is 1. The summed E-state index contributed by atoms with van der Waals surface area (Å²) in [6, 6.07) is 7.22. The maximum atomic E-state index is 11.4. The van der Waals surface area contributed by atoms with Crippen LogP contribution in [0.3, 0.4) is 0 Å². The molecular formula is C11H15N4O6P. The number of fused-ring (bicyclic) bond motifs is 2. The van der Waals surface area contributed by atoms with E-state index in [1.807, 2.05) is 12.1 Å². The number of aliphatic hydroxyl groups is 1. The van der Waals surface area contributed by atoms with Gasteiger partial charge in [0.2, 0.25) is 0 Å². The van der Waals surface area contributed by atoms with E-state index in [1.54, 1.807) is 12.1 Å². The Bertz CT molecular complexity index is 738. The third kappa shape index (κ3) is 2.34. The molecular weight excluding hydrogens is 315 g/mol. The molecule has 0 amide bonds. The number of rotatable bonds is 1. The van der Waals surface area contributed by atoms with Gasteiger partial charge in [0.1, 0.15) is 23.8 Å². The second-order valence-electron chi connectivity index (χ2n) is 4.91. The van der Waals surface area contributed by atoms with Crippen LogP contribution in [-0.2, 0) is 18.3 Å². The smallest absolute Gasteiger partial charge is 0.385 e. The first kappa shape index (κ1) is 15.5. The van der Waals surface area contributed by atoms with Crippen LogP contribution < -0.4 is 6.15 Å². The Hall–Kier alpha value is -1.39. The predicted molar refractivity (Wildman–Crippen MR) is 73.1 cm³/mol. The summed E-state index contributed by atoms with van der Waals surface area (Å²) < 4.78 is 28.1. The molecule has 2 aliphatic rings. The van der Waals surface area contributed by atoms with Gasteiger partial charge in [-0.2, -0.15) is 0 Å². The van der Waals surface area contributed by atoms with Crippen LogP contribution in [0.1, 0.15) is 6.23 Å². The van der Waals surface area contributed by atoms with Gasteiger partial charge in [-0.1, -0.05) is 17.3 Å². The van der Waals surface area contributed by atoms with Gasteiger partial charge in [-0.3, -0.25) is 9.05 Å². The van der Waals surface area contributed by atoms with Crippen LogP contribution in [0.15, 0.2) is 24.3 Å². The molecule has 120 valence electrons. The molecule has 0 radical (unpaired) electrons. The van der Waals surface area contributed by atoms with Gasteiger partial charge >= 0.3 is 7.82 Å². The van der Waals surface area contributed by atoms with E-state index >= 15 is 0 Å². The molecule has 0 saturated carbocycles. The summed E-state index contributed by atoms with van der Waals surface area (Å²) in [6.07, 6.45) is -3.58. The fourth-order valence-electron chi connectivity index (χ4n) is 2.61. The van der Waals surface area contributed by atoms with E-state index in [2.05, 4.69) is 14.8 Å². The highest BCUT2D eigenvalue weighted by Gasteiger charge is 2.52. The number of aromatic nitrogens is 3. The zero-order valence-electron chi connectivity index (χ0n) is 11.3. The molecule has 2 saturated heterocycles. The molecule has 4 rings (SSSR count). The number of phosphoric ester groups is 1. The molecule has 5 N–H and O–H groups in total. The molecule has 1 aromatic carbocycles. The fourth-order valence-corrected chi connectivity index (χ4v) is 3.58. The Balaban J connectivity index is 0.00000144. The largest absolute Gasteiger partial charge is 0.472 e. The van der Waals surface area contributed by atoms with Crippen molar-refractivity contribution in [3.63, 3.8) is 0 Å². The minimum Gasteiger partial charge on any atom is -0.385 e. The lowest BCUT2D eigenvalue weighted by molar-refractivity contribution is -0.0698. The number of hydrogen-bond acceptors (Lipinski definition) is 8. The van der Waals surface area contributed by atoms with Crippen LogP contribution in [0.2, 0.25) is 0 Å². The summed E-state index contributed by atoms with van der Waals surface area (Å²) in [4.78, 5) is 9.34. The highest BCUT2D eigenvalue weighted by molar-refractivity contribution is 7.47. The van der Waals surface area contributed by atoms with Crippen molar-refractivity contribution < 1.29 is 28.3 Å². The van der Waals surface area contributed by atoms with Gasteiger partial charge < -0.3 is 20.9 Å². The Labute approximate surface area is 124 Å². The first-order valence-electron chi connectivity index (χ1n) is 6.34. The minimum atomic E-state index is -4.13. The highest BCUT2D eigenvalue weighted by Crippen LogP contribution is 2.52. The molecule has 10 nitrogen and oxygen atoms in total. The second kappa shape index (κ2) is 5.36. The number of nitrogens with zero attached hydrogens (tertiary/aromatic N) is 3. The van der Waals surface area contributed by atoms with Gasteiger partial charge in [0.15, 0.2) is 6.23 Å². The molecule has 1 unspecified atom stereocenters. The summed E-state index contributed by atoms with van der Waals surface area (Å²) in [6.45, 7) is -0.126. The lowest BCUT2D eigenvalue weighted by Gasteiger charge is -2.27. The summed E-state index contributed by atoms with van der Waals surface area (Å²) in [5, 5.41) is 18.3. The third-order valence-corrected chi connectivity index (χ3v) is 4.57. The zero-order chi connectivity index (χ0) is 14.6. The first-order chi connectivity index (χ1) is 10.1. The Kier molecular flexibility index (Phi) is 3.77. The molecule has 3 heterocycles. The average Bonchev–Trinajstić information content (AvgIpc) is 3.00. The minimum absolute atomic E-state index is 0.